The number of rotatable bonds is 4. The van der Waals surface area contributed by atoms with Gasteiger partial charge in [-0.3, -0.25) is 0 Å². The van der Waals surface area contributed by atoms with E-state index in [4.69, 9.17) is 4.42 Å². The molecule has 0 fully saturated rings. The maximum absolute atomic E-state index is 13.4. The van der Waals surface area contributed by atoms with Crippen molar-refractivity contribution in [2.24, 2.45) is 0 Å². The molecule has 1 aromatic heterocycles. The van der Waals surface area contributed by atoms with Crippen LogP contribution in [0.15, 0.2) is 41.0 Å². The molecule has 0 aliphatic heterocycles. The molecule has 0 saturated heterocycles. The van der Waals surface area contributed by atoms with Gasteiger partial charge in [0.05, 0.1) is 12.8 Å². The fourth-order valence-corrected chi connectivity index (χ4v) is 1.66. The minimum absolute atomic E-state index is 0.0928. The monoisotopic (exact) mass is 233 g/mol. The van der Waals surface area contributed by atoms with Crippen molar-refractivity contribution in [1.82, 2.24) is 5.32 Å². The van der Waals surface area contributed by atoms with Gasteiger partial charge in [0.25, 0.3) is 0 Å². The van der Waals surface area contributed by atoms with Crippen LogP contribution < -0.4 is 5.32 Å². The van der Waals surface area contributed by atoms with Crippen molar-refractivity contribution in [3.05, 3.63) is 59.3 Å². The summed E-state index contributed by atoms with van der Waals surface area (Å²) in [5.74, 6) is 0.721. The van der Waals surface area contributed by atoms with E-state index in [0.29, 0.717) is 12.1 Å². The fraction of sp³-hybridized carbons (Fsp3) is 0.286. The Morgan fingerprint density at radius 1 is 1.35 bits per heavy atom. The zero-order valence-corrected chi connectivity index (χ0v) is 10.0. The molecule has 0 radical (unpaired) electrons. The summed E-state index contributed by atoms with van der Waals surface area (Å²) in [4.78, 5) is 0. The first kappa shape index (κ1) is 11.9. The lowest BCUT2D eigenvalue weighted by Crippen LogP contribution is -2.17. The van der Waals surface area contributed by atoms with E-state index in [1.807, 2.05) is 25.1 Å². The van der Waals surface area contributed by atoms with Gasteiger partial charge in [0.15, 0.2) is 0 Å². The maximum Gasteiger partial charge on any atom is 0.126 e. The van der Waals surface area contributed by atoms with Gasteiger partial charge in [-0.25, -0.2) is 4.39 Å². The summed E-state index contributed by atoms with van der Waals surface area (Å²) in [7, 11) is 0. The van der Waals surface area contributed by atoms with Crippen molar-refractivity contribution in [3.8, 4) is 0 Å². The molecule has 1 heterocycles. The minimum atomic E-state index is -0.158. The molecule has 0 saturated carbocycles. The van der Waals surface area contributed by atoms with Gasteiger partial charge in [-0.2, -0.15) is 0 Å². The Morgan fingerprint density at radius 2 is 2.18 bits per heavy atom. The van der Waals surface area contributed by atoms with Gasteiger partial charge < -0.3 is 9.73 Å². The molecule has 2 rings (SSSR count). The second-order valence-electron chi connectivity index (χ2n) is 4.19. The van der Waals surface area contributed by atoms with E-state index in [9.17, 15) is 4.39 Å². The van der Waals surface area contributed by atoms with Crippen molar-refractivity contribution in [2.75, 3.05) is 0 Å². The van der Waals surface area contributed by atoms with Crippen molar-refractivity contribution in [1.29, 1.82) is 0 Å². The standard InChI is InChI=1S/C14H16FNO/c1-10-5-6-12(8-14(10)15)11(2)16-9-13-4-3-7-17-13/h3-8,11,16H,9H2,1-2H3. The van der Waals surface area contributed by atoms with Crippen molar-refractivity contribution >= 4 is 0 Å². The van der Waals surface area contributed by atoms with Crippen LogP contribution in [0.2, 0.25) is 0 Å². The molecule has 3 heteroatoms. The van der Waals surface area contributed by atoms with Gasteiger partial charge in [0.2, 0.25) is 0 Å². The Hall–Kier alpha value is -1.61. The summed E-state index contributed by atoms with van der Waals surface area (Å²) in [6.45, 7) is 4.41. The van der Waals surface area contributed by atoms with Gasteiger partial charge in [-0.15, -0.1) is 0 Å². The van der Waals surface area contributed by atoms with Crippen LogP contribution >= 0.6 is 0 Å². The first-order chi connectivity index (χ1) is 8.16. The molecule has 1 N–H and O–H groups in total. The van der Waals surface area contributed by atoms with E-state index < -0.39 is 0 Å². The quantitative estimate of drug-likeness (QED) is 0.873. The van der Waals surface area contributed by atoms with Gasteiger partial charge in [-0.05, 0) is 43.2 Å². The highest BCUT2D eigenvalue weighted by Crippen LogP contribution is 2.16. The lowest BCUT2D eigenvalue weighted by molar-refractivity contribution is 0.459. The second kappa shape index (κ2) is 5.15. The van der Waals surface area contributed by atoms with Crippen LogP contribution in [0.4, 0.5) is 4.39 Å². The van der Waals surface area contributed by atoms with Crippen molar-refractivity contribution < 1.29 is 8.81 Å². The predicted octanol–water partition coefficient (Wildman–Crippen LogP) is 3.58. The number of halogens is 1. The third-order valence-corrected chi connectivity index (χ3v) is 2.86. The Balaban J connectivity index is 1.99. The maximum atomic E-state index is 13.4. The van der Waals surface area contributed by atoms with E-state index in [-0.39, 0.29) is 11.9 Å². The first-order valence-corrected chi connectivity index (χ1v) is 5.68. The summed E-state index contributed by atoms with van der Waals surface area (Å²) in [5, 5.41) is 3.29. The summed E-state index contributed by atoms with van der Waals surface area (Å²) >= 11 is 0. The molecule has 90 valence electrons. The number of benzene rings is 1. The molecule has 0 amide bonds. The lowest BCUT2D eigenvalue weighted by atomic mass is 10.1. The second-order valence-corrected chi connectivity index (χ2v) is 4.19. The third-order valence-electron chi connectivity index (χ3n) is 2.86. The normalized spacial score (nSPS) is 12.6. The van der Waals surface area contributed by atoms with Crippen LogP contribution in [-0.2, 0) is 6.54 Å². The van der Waals surface area contributed by atoms with E-state index >= 15 is 0 Å². The van der Waals surface area contributed by atoms with Gasteiger partial charge in [0.1, 0.15) is 11.6 Å². The third kappa shape index (κ3) is 2.94. The molecule has 17 heavy (non-hydrogen) atoms. The Bertz CT molecular complexity index is 479. The molecular formula is C14H16FNO. The zero-order valence-electron chi connectivity index (χ0n) is 10.0. The van der Waals surface area contributed by atoms with E-state index in [1.54, 1.807) is 25.3 Å². The summed E-state index contributed by atoms with van der Waals surface area (Å²) in [5.41, 5.74) is 1.62. The summed E-state index contributed by atoms with van der Waals surface area (Å²) in [6.07, 6.45) is 1.65. The molecule has 2 nitrogen and oxygen atoms in total. The highest BCUT2D eigenvalue weighted by molar-refractivity contribution is 5.25. The Kier molecular flexibility index (Phi) is 3.59. The van der Waals surface area contributed by atoms with Crippen LogP contribution in [0.3, 0.4) is 0 Å². The molecule has 0 bridgehead atoms. The topological polar surface area (TPSA) is 25.2 Å². The van der Waals surface area contributed by atoms with Crippen LogP contribution in [0.5, 0.6) is 0 Å². The highest BCUT2D eigenvalue weighted by atomic mass is 19.1. The number of furan rings is 1. The zero-order chi connectivity index (χ0) is 12.3. The molecular weight excluding hydrogens is 217 g/mol. The molecule has 2 aromatic rings. The minimum Gasteiger partial charge on any atom is -0.468 e. The van der Waals surface area contributed by atoms with Crippen LogP contribution in [0, 0.1) is 12.7 Å². The number of nitrogens with one attached hydrogen (secondary N) is 1. The number of hydrogen-bond donors (Lipinski definition) is 1. The molecule has 0 aliphatic rings. The average Bonchev–Trinajstić information content (AvgIpc) is 2.82. The number of hydrogen-bond acceptors (Lipinski definition) is 2. The average molecular weight is 233 g/mol. The summed E-state index contributed by atoms with van der Waals surface area (Å²) in [6, 6.07) is 9.18. The molecule has 1 unspecified atom stereocenters. The molecule has 0 spiro atoms. The first-order valence-electron chi connectivity index (χ1n) is 5.68. The van der Waals surface area contributed by atoms with Crippen LogP contribution in [0.25, 0.3) is 0 Å². The molecule has 1 atom stereocenters. The highest BCUT2D eigenvalue weighted by Gasteiger charge is 2.07. The van der Waals surface area contributed by atoms with Gasteiger partial charge >= 0.3 is 0 Å². The fourth-order valence-electron chi connectivity index (χ4n) is 1.66. The van der Waals surface area contributed by atoms with Gasteiger partial charge in [0, 0.05) is 6.04 Å². The Morgan fingerprint density at radius 3 is 2.82 bits per heavy atom. The van der Waals surface area contributed by atoms with Crippen molar-refractivity contribution in [2.45, 2.75) is 26.4 Å². The van der Waals surface area contributed by atoms with E-state index in [1.165, 1.54) is 0 Å². The number of aryl methyl sites for hydroxylation is 1. The molecule has 1 aromatic carbocycles. The predicted molar refractivity (Wildman–Crippen MR) is 65.1 cm³/mol. The lowest BCUT2D eigenvalue weighted by Gasteiger charge is -2.13. The SMILES string of the molecule is Cc1ccc(C(C)NCc2ccco2)cc1F. The molecule has 0 aliphatic carbocycles. The van der Waals surface area contributed by atoms with Crippen molar-refractivity contribution in [3.63, 3.8) is 0 Å². The van der Waals surface area contributed by atoms with Crippen LogP contribution in [-0.4, -0.2) is 0 Å². The Labute approximate surface area is 100 Å². The smallest absolute Gasteiger partial charge is 0.126 e. The van der Waals surface area contributed by atoms with Crippen LogP contribution in [0.1, 0.15) is 29.9 Å². The van der Waals surface area contributed by atoms with E-state index in [2.05, 4.69) is 5.32 Å². The van der Waals surface area contributed by atoms with E-state index in [0.717, 1.165) is 11.3 Å². The largest absolute Gasteiger partial charge is 0.468 e. The van der Waals surface area contributed by atoms with Gasteiger partial charge in [-0.1, -0.05) is 12.1 Å². The summed E-state index contributed by atoms with van der Waals surface area (Å²) < 4.78 is 18.6.